The van der Waals surface area contributed by atoms with Crippen LogP contribution >= 0.6 is 0 Å². The molecule has 3 N–H and O–H groups in total. The number of sulfonamides is 1. The van der Waals surface area contributed by atoms with Crippen LogP contribution < -0.4 is 10.5 Å². The summed E-state index contributed by atoms with van der Waals surface area (Å²) in [5.41, 5.74) is 7.13. The molecule has 1 aromatic carbocycles. The van der Waals surface area contributed by atoms with E-state index in [1.54, 1.807) is 17.9 Å². The number of benzene rings is 1. The van der Waals surface area contributed by atoms with Crippen molar-refractivity contribution in [3.63, 3.8) is 0 Å². The third-order valence-electron chi connectivity index (χ3n) is 2.91. The van der Waals surface area contributed by atoms with Gasteiger partial charge in [0, 0.05) is 13.2 Å². The highest BCUT2D eigenvalue weighted by Gasteiger charge is 2.20. The van der Waals surface area contributed by atoms with E-state index in [9.17, 15) is 8.42 Å². The molecule has 0 radical (unpaired) electrons. The molecule has 0 saturated heterocycles. The number of aryl methyl sites for hydroxylation is 2. The van der Waals surface area contributed by atoms with Crippen molar-refractivity contribution in [2.75, 3.05) is 10.5 Å². The van der Waals surface area contributed by atoms with Crippen LogP contribution in [0.3, 0.4) is 0 Å². The number of anilines is 2. The second kappa shape index (κ2) is 5.46. The SMILES string of the molecule is CCc1nn(C)cc1NS(=O)(=O)c1ccc(C#N)cc1N. The fourth-order valence-corrected chi connectivity index (χ4v) is 3.13. The number of hydrogen-bond donors (Lipinski definition) is 2. The second-order valence-corrected chi connectivity index (χ2v) is 6.14. The molecule has 110 valence electrons. The fraction of sp³-hybridized carbons (Fsp3) is 0.231. The van der Waals surface area contributed by atoms with E-state index >= 15 is 0 Å². The molecule has 0 atom stereocenters. The second-order valence-electron chi connectivity index (χ2n) is 4.49. The zero-order chi connectivity index (χ0) is 15.6. The van der Waals surface area contributed by atoms with Crippen LogP contribution in [0.4, 0.5) is 11.4 Å². The van der Waals surface area contributed by atoms with E-state index in [-0.39, 0.29) is 10.6 Å². The number of hydrogen-bond acceptors (Lipinski definition) is 5. The lowest BCUT2D eigenvalue weighted by molar-refractivity contribution is 0.601. The standard InChI is InChI=1S/C13H15N5O2S/c1-3-11-12(8-18(2)16-11)17-21(19,20)13-5-4-9(7-14)6-10(13)15/h4-6,8,17H,3,15H2,1-2H3. The van der Waals surface area contributed by atoms with E-state index in [4.69, 9.17) is 11.0 Å². The van der Waals surface area contributed by atoms with Gasteiger partial charge in [-0.25, -0.2) is 8.42 Å². The molecule has 2 aromatic rings. The molecule has 0 amide bonds. The first-order chi connectivity index (χ1) is 9.87. The zero-order valence-corrected chi connectivity index (χ0v) is 12.5. The summed E-state index contributed by atoms with van der Waals surface area (Å²) in [6.07, 6.45) is 2.19. The Bertz CT molecular complexity index is 818. The molecule has 0 aliphatic rings. The molecular formula is C13H15N5O2S. The van der Waals surface area contributed by atoms with Crippen molar-refractivity contribution in [3.8, 4) is 6.07 Å². The maximum atomic E-state index is 12.4. The first-order valence-electron chi connectivity index (χ1n) is 6.22. The van der Waals surface area contributed by atoms with Crippen LogP contribution in [-0.4, -0.2) is 18.2 Å². The molecule has 8 heteroatoms. The minimum absolute atomic E-state index is 0.0310. The molecule has 0 aliphatic carbocycles. The van der Waals surface area contributed by atoms with E-state index in [0.29, 0.717) is 23.4 Å². The van der Waals surface area contributed by atoms with Crippen LogP contribution in [-0.2, 0) is 23.5 Å². The summed E-state index contributed by atoms with van der Waals surface area (Å²) in [6.45, 7) is 1.89. The third kappa shape index (κ3) is 2.98. The van der Waals surface area contributed by atoms with Gasteiger partial charge in [-0.2, -0.15) is 10.4 Å². The molecule has 0 saturated carbocycles. The summed E-state index contributed by atoms with van der Waals surface area (Å²) in [6, 6.07) is 5.97. The van der Waals surface area contributed by atoms with Crippen molar-refractivity contribution in [2.45, 2.75) is 18.2 Å². The van der Waals surface area contributed by atoms with Crippen molar-refractivity contribution >= 4 is 21.4 Å². The molecular weight excluding hydrogens is 290 g/mol. The van der Waals surface area contributed by atoms with Gasteiger partial charge in [-0.3, -0.25) is 9.40 Å². The number of nitrogens with one attached hydrogen (secondary N) is 1. The molecule has 1 heterocycles. The lowest BCUT2D eigenvalue weighted by Crippen LogP contribution is -2.15. The van der Waals surface area contributed by atoms with Gasteiger partial charge >= 0.3 is 0 Å². The van der Waals surface area contributed by atoms with Crippen molar-refractivity contribution in [3.05, 3.63) is 35.7 Å². The molecule has 2 rings (SSSR count). The number of nitriles is 1. The van der Waals surface area contributed by atoms with E-state index in [1.807, 2.05) is 13.0 Å². The summed E-state index contributed by atoms with van der Waals surface area (Å²) < 4.78 is 28.8. The highest BCUT2D eigenvalue weighted by atomic mass is 32.2. The Labute approximate surface area is 123 Å². The fourth-order valence-electron chi connectivity index (χ4n) is 1.94. The van der Waals surface area contributed by atoms with Crippen LogP contribution in [0.5, 0.6) is 0 Å². The molecule has 21 heavy (non-hydrogen) atoms. The van der Waals surface area contributed by atoms with Gasteiger partial charge in [-0.05, 0) is 24.6 Å². The average molecular weight is 305 g/mol. The summed E-state index contributed by atoms with van der Waals surface area (Å²) in [4.78, 5) is -0.0626. The van der Waals surface area contributed by atoms with Gasteiger partial charge in [0.05, 0.1) is 28.7 Å². The number of rotatable bonds is 4. The number of nitrogens with zero attached hydrogens (tertiary/aromatic N) is 3. The topological polar surface area (TPSA) is 114 Å². The number of nitrogen functional groups attached to an aromatic ring is 1. The average Bonchev–Trinajstić information content (AvgIpc) is 2.77. The summed E-state index contributed by atoms with van der Waals surface area (Å²) in [7, 11) is -2.11. The van der Waals surface area contributed by atoms with E-state index in [1.165, 1.54) is 18.2 Å². The minimum Gasteiger partial charge on any atom is -0.398 e. The molecule has 0 bridgehead atoms. The van der Waals surface area contributed by atoms with Gasteiger partial charge in [0.25, 0.3) is 10.0 Å². The maximum absolute atomic E-state index is 12.4. The lowest BCUT2D eigenvalue weighted by atomic mass is 10.2. The monoisotopic (exact) mass is 305 g/mol. The van der Waals surface area contributed by atoms with Crippen LogP contribution in [0.2, 0.25) is 0 Å². The highest BCUT2D eigenvalue weighted by Crippen LogP contribution is 2.24. The van der Waals surface area contributed by atoms with Crippen LogP contribution in [0.15, 0.2) is 29.3 Å². The maximum Gasteiger partial charge on any atom is 0.264 e. The predicted molar refractivity (Wildman–Crippen MR) is 79.0 cm³/mol. The van der Waals surface area contributed by atoms with Crippen molar-refractivity contribution in [1.82, 2.24) is 9.78 Å². The van der Waals surface area contributed by atoms with Gasteiger partial charge in [0.1, 0.15) is 4.90 Å². The quantitative estimate of drug-likeness (QED) is 0.825. The Morgan fingerprint density at radius 2 is 2.19 bits per heavy atom. The first-order valence-corrected chi connectivity index (χ1v) is 7.70. The van der Waals surface area contributed by atoms with E-state index in [0.717, 1.165) is 0 Å². The van der Waals surface area contributed by atoms with Crippen LogP contribution in [0.25, 0.3) is 0 Å². The summed E-state index contributed by atoms with van der Waals surface area (Å²) >= 11 is 0. The number of nitrogens with two attached hydrogens (primary N) is 1. The first kappa shape index (κ1) is 14.9. The Morgan fingerprint density at radius 1 is 1.48 bits per heavy atom. The summed E-state index contributed by atoms with van der Waals surface area (Å²) in [5, 5.41) is 13.0. The molecule has 0 unspecified atom stereocenters. The Kier molecular flexibility index (Phi) is 3.86. The minimum atomic E-state index is -3.83. The van der Waals surface area contributed by atoms with E-state index in [2.05, 4.69) is 9.82 Å². The Balaban J connectivity index is 2.41. The molecule has 7 nitrogen and oxygen atoms in total. The lowest BCUT2D eigenvalue weighted by Gasteiger charge is -2.09. The smallest absolute Gasteiger partial charge is 0.264 e. The molecule has 0 fully saturated rings. The molecule has 0 spiro atoms. The zero-order valence-electron chi connectivity index (χ0n) is 11.7. The van der Waals surface area contributed by atoms with Gasteiger partial charge < -0.3 is 5.73 Å². The van der Waals surface area contributed by atoms with Crippen molar-refractivity contribution in [2.24, 2.45) is 7.05 Å². The van der Waals surface area contributed by atoms with Gasteiger partial charge in [-0.1, -0.05) is 6.92 Å². The van der Waals surface area contributed by atoms with Crippen LogP contribution in [0, 0.1) is 11.3 Å². The third-order valence-corrected chi connectivity index (χ3v) is 4.35. The van der Waals surface area contributed by atoms with Gasteiger partial charge in [0.15, 0.2) is 0 Å². The molecule has 0 aliphatic heterocycles. The van der Waals surface area contributed by atoms with Crippen LogP contribution in [0.1, 0.15) is 18.2 Å². The Morgan fingerprint density at radius 3 is 2.76 bits per heavy atom. The molecule has 1 aromatic heterocycles. The Hall–Kier alpha value is -2.53. The summed E-state index contributed by atoms with van der Waals surface area (Å²) in [5.74, 6) is 0. The largest absolute Gasteiger partial charge is 0.398 e. The van der Waals surface area contributed by atoms with Crippen molar-refractivity contribution in [1.29, 1.82) is 5.26 Å². The van der Waals surface area contributed by atoms with Gasteiger partial charge in [0.2, 0.25) is 0 Å². The van der Waals surface area contributed by atoms with Gasteiger partial charge in [-0.15, -0.1) is 0 Å². The number of aromatic nitrogens is 2. The normalized spacial score (nSPS) is 11.1. The van der Waals surface area contributed by atoms with Crippen molar-refractivity contribution < 1.29 is 8.42 Å². The van der Waals surface area contributed by atoms with E-state index < -0.39 is 10.0 Å². The predicted octanol–water partition coefficient (Wildman–Crippen LogP) is 1.24. The highest BCUT2D eigenvalue weighted by molar-refractivity contribution is 7.92.